The van der Waals surface area contributed by atoms with Crippen molar-refractivity contribution in [1.82, 2.24) is 9.29 Å². The summed E-state index contributed by atoms with van der Waals surface area (Å²) in [5, 5.41) is 10.5. The van der Waals surface area contributed by atoms with Crippen molar-refractivity contribution in [2.45, 2.75) is 23.5 Å². The minimum absolute atomic E-state index is 0.0298. The van der Waals surface area contributed by atoms with Crippen molar-refractivity contribution in [2.75, 3.05) is 13.2 Å². The Morgan fingerprint density at radius 1 is 1.38 bits per heavy atom. The fraction of sp³-hybridized carbons (Fsp3) is 0.357. The maximum atomic E-state index is 13.5. The van der Waals surface area contributed by atoms with Crippen LogP contribution in [-0.4, -0.2) is 48.2 Å². The SMILES string of the molecule is O=S(=O)(c1cccc2cnccc12)N1C[C@@H](F)C[C@H]1CO. The van der Waals surface area contributed by atoms with Crippen LogP contribution in [0.25, 0.3) is 10.8 Å². The molecule has 5 nitrogen and oxygen atoms in total. The Hall–Kier alpha value is -1.57. The van der Waals surface area contributed by atoms with Crippen LogP contribution < -0.4 is 0 Å². The molecule has 2 atom stereocenters. The first kappa shape index (κ1) is 14.4. The number of nitrogens with zero attached hydrogens (tertiary/aromatic N) is 2. The zero-order valence-electron chi connectivity index (χ0n) is 11.2. The van der Waals surface area contributed by atoms with Gasteiger partial charge in [-0.25, -0.2) is 12.8 Å². The number of hydrogen-bond donors (Lipinski definition) is 1. The molecular weight excluding hydrogens is 295 g/mol. The van der Waals surface area contributed by atoms with Crippen molar-refractivity contribution in [2.24, 2.45) is 0 Å². The van der Waals surface area contributed by atoms with E-state index >= 15 is 0 Å². The van der Waals surface area contributed by atoms with E-state index in [1.54, 1.807) is 24.4 Å². The summed E-state index contributed by atoms with van der Waals surface area (Å²) in [4.78, 5) is 4.09. The third kappa shape index (κ3) is 2.41. The topological polar surface area (TPSA) is 70.5 Å². The van der Waals surface area contributed by atoms with E-state index < -0.39 is 22.2 Å². The van der Waals surface area contributed by atoms with Crippen LogP contribution in [0.3, 0.4) is 0 Å². The lowest BCUT2D eigenvalue weighted by molar-refractivity contribution is 0.213. The number of aliphatic hydroxyl groups excluding tert-OH is 1. The van der Waals surface area contributed by atoms with Gasteiger partial charge >= 0.3 is 0 Å². The number of aliphatic hydroxyl groups is 1. The predicted molar refractivity (Wildman–Crippen MR) is 76.0 cm³/mol. The van der Waals surface area contributed by atoms with Gasteiger partial charge in [0.2, 0.25) is 10.0 Å². The third-order valence-electron chi connectivity index (χ3n) is 3.75. The monoisotopic (exact) mass is 310 g/mol. The molecule has 0 saturated carbocycles. The molecule has 2 aromatic rings. The normalized spacial score (nSPS) is 23.7. The minimum Gasteiger partial charge on any atom is -0.395 e. The molecule has 0 amide bonds. The summed E-state index contributed by atoms with van der Waals surface area (Å²) in [5.74, 6) is 0. The summed E-state index contributed by atoms with van der Waals surface area (Å²) in [6.45, 7) is -0.596. The fourth-order valence-corrected chi connectivity index (χ4v) is 4.61. The summed E-state index contributed by atoms with van der Waals surface area (Å²) in [7, 11) is -3.85. The Balaban J connectivity index is 2.13. The first-order chi connectivity index (χ1) is 10.0. The Labute approximate surface area is 122 Å². The zero-order chi connectivity index (χ0) is 15.0. The molecule has 0 aliphatic carbocycles. The standard InChI is InChI=1S/C14H15FN2O3S/c15-11-6-12(9-18)17(8-11)21(19,20)14-3-1-2-10-7-16-5-4-13(10)14/h1-5,7,11-12,18H,6,8-9H2/t11-,12-/m0/s1. The average Bonchev–Trinajstić information content (AvgIpc) is 2.88. The molecule has 1 aromatic carbocycles. The second-order valence-corrected chi connectivity index (χ2v) is 6.96. The first-order valence-corrected chi connectivity index (χ1v) is 8.07. The van der Waals surface area contributed by atoms with E-state index in [0.29, 0.717) is 10.8 Å². The fourth-order valence-electron chi connectivity index (χ4n) is 2.74. The Bertz CT molecular complexity index is 760. The third-order valence-corrected chi connectivity index (χ3v) is 5.73. The lowest BCUT2D eigenvalue weighted by Gasteiger charge is -2.22. The molecular formula is C14H15FN2O3S. The molecule has 0 spiro atoms. The van der Waals surface area contributed by atoms with Gasteiger partial charge in [-0.1, -0.05) is 12.1 Å². The summed E-state index contributed by atoms with van der Waals surface area (Å²) in [6.07, 6.45) is 1.89. The van der Waals surface area contributed by atoms with Gasteiger partial charge in [0, 0.05) is 29.7 Å². The quantitative estimate of drug-likeness (QED) is 0.928. The van der Waals surface area contributed by atoms with E-state index in [0.717, 1.165) is 4.31 Å². The van der Waals surface area contributed by atoms with Gasteiger partial charge in [0.15, 0.2) is 0 Å². The van der Waals surface area contributed by atoms with Gasteiger partial charge in [-0.3, -0.25) is 4.98 Å². The molecule has 112 valence electrons. The Kier molecular flexibility index (Phi) is 3.64. The number of benzene rings is 1. The van der Waals surface area contributed by atoms with Crippen LogP contribution >= 0.6 is 0 Å². The second kappa shape index (κ2) is 5.32. The van der Waals surface area contributed by atoms with Crippen LogP contribution in [0, 0.1) is 0 Å². The van der Waals surface area contributed by atoms with Crippen LogP contribution in [0.1, 0.15) is 6.42 Å². The van der Waals surface area contributed by atoms with E-state index in [1.807, 2.05) is 0 Å². The van der Waals surface area contributed by atoms with Crippen molar-refractivity contribution in [3.05, 3.63) is 36.7 Å². The molecule has 1 fully saturated rings. The molecule has 2 heterocycles. The number of sulfonamides is 1. The van der Waals surface area contributed by atoms with Crippen LogP contribution in [0.15, 0.2) is 41.6 Å². The second-order valence-electron chi connectivity index (χ2n) is 5.10. The van der Waals surface area contributed by atoms with E-state index in [1.165, 1.54) is 12.3 Å². The predicted octanol–water partition coefficient (Wildman–Crippen LogP) is 1.33. The van der Waals surface area contributed by atoms with Crippen molar-refractivity contribution >= 4 is 20.8 Å². The van der Waals surface area contributed by atoms with Gasteiger partial charge in [-0.05, 0) is 18.6 Å². The number of pyridine rings is 1. The summed E-state index contributed by atoms with van der Waals surface area (Å²) in [6, 6.07) is 5.82. The number of aromatic nitrogens is 1. The van der Waals surface area contributed by atoms with E-state index in [-0.39, 0.29) is 24.5 Å². The van der Waals surface area contributed by atoms with Crippen molar-refractivity contribution in [3.8, 4) is 0 Å². The average molecular weight is 310 g/mol. The van der Waals surface area contributed by atoms with Crippen molar-refractivity contribution < 1.29 is 17.9 Å². The molecule has 0 unspecified atom stereocenters. The van der Waals surface area contributed by atoms with E-state index in [9.17, 15) is 17.9 Å². The van der Waals surface area contributed by atoms with Gasteiger partial charge in [-0.2, -0.15) is 4.31 Å². The van der Waals surface area contributed by atoms with E-state index in [2.05, 4.69) is 4.98 Å². The molecule has 1 aromatic heterocycles. The maximum Gasteiger partial charge on any atom is 0.244 e. The number of rotatable bonds is 3. The Morgan fingerprint density at radius 3 is 2.95 bits per heavy atom. The van der Waals surface area contributed by atoms with Gasteiger partial charge in [0.1, 0.15) is 6.17 Å². The largest absolute Gasteiger partial charge is 0.395 e. The van der Waals surface area contributed by atoms with Crippen molar-refractivity contribution in [1.29, 1.82) is 0 Å². The van der Waals surface area contributed by atoms with Crippen LogP contribution in [0.2, 0.25) is 0 Å². The molecule has 1 N–H and O–H groups in total. The zero-order valence-corrected chi connectivity index (χ0v) is 12.0. The molecule has 1 aliphatic heterocycles. The van der Waals surface area contributed by atoms with E-state index in [4.69, 9.17) is 0 Å². The van der Waals surface area contributed by atoms with Crippen molar-refractivity contribution in [3.63, 3.8) is 0 Å². The summed E-state index contributed by atoms with van der Waals surface area (Å²) in [5.41, 5.74) is 0. The first-order valence-electron chi connectivity index (χ1n) is 6.63. The Morgan fingerprint density at radius 2 is 2.19 bits per heavy atom. The van der Waals surface area contributed by atoms with Gasteiger partial charge in [0.05, 0.1) is 17.5 Å². The van der Waals surface area contributed by atoms with Crippen LogP contribution in [-0.2, 0) is 10.0 Å². The highest BCUT2D eigenvalue weighted by Crippen LogP contribution is 2.31. The molecule has 3 rings (SSSR count). The van der Waals surface area contributed by atoms with Gasteiger partial charge in [-0.15, -0.1) is 0 Å². The molecule has 0 bridgehead atoms. The number of hydrogen-bond acceptors (Lipinski definition) is 4. The molecule has 7 heteroatoms. The summed E-state index contributed by atoms with van der Waals surface area (Å²) >= 11 is 0. The smallest absolute Gasteiger partial charge is 0.244 e. The maximum absolute atomic E-state index is 13.5. The molecule has 1 aliphatic rings. The minimum atomic E-state index is -3.85. The highest BCUT2D eigenvalue weighted by atomic mass is 32.2. The van der Waals surface area contributed by atoms with Crippen LogP contribution in [0.4, 0.5) is 4.39 Å². The highest BCUT2D eigenvalue weighted by molar-refractivity contribution is 7.89. The lowest BCUT2D eigenvalue weighted by atomic mass is 10.2. The number of alkyl halides is 1. The van der Waals surface area contributed by atoms with Crippen LogP contribution in [0.5, 0.6) is 0 Å². The number of fused-ring (bicyclic) bond motifs is 1. The van der Waals surface area contributed by atoms with Gasteiger partial charge in [0.25, 0.3) is 0 Å². The van der Waals surface area contributed by atoms with Gasteiger partial charge < -0.3 is 5.11 Å². The molecule has 21 heavy (non-hydrogen) atoms. The molecule has 0 radical (unpaired) electrons. The number of halogens is 1. The highest BCUT2D eigenvalue weighted by Gasteiger charge is 2.40. The summed E-state index contributed by atoms with van der Waals surface area (Å²) < 4.78 is 40.2. The lowest BCUT2D eigenvalue weighted by Crippen LogP contribution is -2.37. The molecule has 1 saturated heterocycles.